The van der Waals surface area contributed by atoms with Gasteiger partial charge in [0.2, 0.25) is 0 Å². The third-order valence-electron chi connectivity index (χ3n) is 2.30. The van der Waals surface area contributed by atoms with Crippen LogP contribution in [-0.4, -0.2) is 0 Å². The van der Waals surface area contributed by atoms with E-state index in [4.69, 9.17) is 28.5 Å². The summed E-state index contributed by atoms with van der Waals surface area (Å²) in [5, 5.41) is 13.3. The van der Waals surface area contributed by atoms with Crippen LogP contribution in [0.2, 0.25) is 10.0 Å². The van der Waals surface area contributed by atoms with Crippen LogP contribution in [0.15, 0.2) is 40.9 Å². The molecule has 0 unspecified atom stereocenters. The van der Waals surface area contributed by atoms with Gasteiger partial charge >= 0.3 is 0 Å². The molecule has 0 aliphatic rings. The number of benzene rings is 2. The van der Waals surface area contributed by atoms with E-state index >= 15 is 0 Å². The second-order valence-electron chi connectivity index (χ2n) is 3.55. The van der Waals surface area contributed by atoms with Gasteiger partial charge < -0.3 is 5.32 Å². The fourth-order valence-corrected chi connectivity index (χ4v) is 2.35. The van der Waals surface area contributed by atoms with Gasteiger partial charge in [-0.2, -0.15) is 5.26 Å². The fourth-order valence-electron chi connectivity index (χ4n) is 1.45. The van der Waals surface area contributed by atoms with Crippen LogP contribution in [0.25, 0.3) is 0 Å². The van der Waals surface area contributed by atoms with Gasteiger partial charge in [0.25, 0.3) is 0 Å². The summed E-state index contributed by atoms with van der Waals surface area (Å²) in [5.41, 5.74) is 1.88. The molecule has 0 amide bonds. The Morgan fingerprint density at radius 3 is 2.44 bits per heavy atom. The van der Waals surface area contributed by atoms with Gasteiger partial charge in [0.15, 0.2) is 0 Å². The number of nitrogens with one attached hydrogen (secondary N) is 1. The summed E-state index contributed by atoms with van der Waals surface area (Å²) in [6, 6.07) is 12.7. The molecule has 18 heavy (non-hydrogen) atoms. The van der Waals surface area contributed by atoms with Gasteiger partial charge in [-0.1, -0.05) is 39.1 Å². The minimum absolute atomic E-state index is 0.474. The lowest BCUT2D eigenvalue weighted by atomic mass is 10.2. The number of anilines is 2. The van der Waals surface area contributed by atoms with E-state index in [1.165, 1.54) is 0 Å². The molecule has 0 saturated heterocycles. The van der Waals surface area contributed by atoms with Crippen molar-refractivity contribution in [2.75, 3.05) is 5.32 Å². The van der Waals surface area contributed by atoms with Crippen molar-refractivity contribution in [1.82, 2.24) is 0 Å². The highest BCUT2D eigenvalue weighted by Crippen LogP contribution is 2.30. The average molecular weight is 342 g/mol. The summed E-state index contributed by atoms with van der Waals surface area (Å²) in [7, 11) is 0. The fraction of sp³-hybridized carbons (Fsp3) is 0. The molecule has 90 valence electrons. The van der Waals surface area contributed by atoms with Crippen molar-refractivity contribution in [3.8, 4) is 6.07 Å². The van der Waals surface area contributed by atoms with Gasteiger partial charge in [0.05, 0.1) is 22.0 Å². The lowest BCUT2D eigenvalue weighted by Crippen LogP contribution is -1.94. The van der Waals surface area contributed by atoms with Crippen LogP contribution in [0.1, 0.15) is 5.56 Å². The number of hydrogen-bond donors (Lipinski definition) is 1. The lowest BCUT2D eigenvalue weighted by molar-refractivity contribution is 1.46. The normalized spacial score (nSPS) is 9.89. The van der Waals surface area contributed by atoms with Gasteiger partial charge in [-0.05, 0) is 36.4 Å². The van der Waals surface area contributed by atoms with E-state index < -0.39 is 0 Å². The molecule has 0 bridgehead atoms. The van der Waals surface area contributed by atoms with E-state index in [9.17, 15) is 0 Å². The highest BCUT2D eigenvalue weighted by atomic mass is 79.9. The Balaban J connectivity index is 2.37. The third kappa shape index (κ3) is 2.97. The molecule has 0 aromatic heterocycles. The van der Waals surface area contributed by atoms with Gasteiger partial charge in [-0.25, -0.2) is 0 Å². The average Bonchev–Trinajstić information content (AvgIpc) is 2.34. The summed E-state index contributed by atoms with van der Waals surface area (Å²) in [5.74, 6) is 0. The Labute approximate surface area is 123 Å². The Bertz CT molecular complexity index is 635. The van der Waals surface area contributed by atoms with E-state index in [0.29, 0.717) is 21.3 Å². The van der Waals surface area contributed by atoms with E-state index in [1.807, 2.05) is 12.1 Å². The number of nitriles is 1. The SMILES string of the molecule is N#Cc1cc(Cl)ccc1Nc1ccc(Br)cc1Cl. The predicted octanol–water partition coefficient (Wildman–Crippen LogP) is 5.37. The molecule has 0 aliphatic heterocycles. The molecule has 2 aromatic rings. The molecule has 0 saturated carbocycles. The maximum absolute atomic E-state index is 9.05. The molecule has 2 aromatic carbocycles. The summed E-state index contributed by atoms with van der Waals surface area (Å²) >= 11 is 15.3. The van der Waals surface area contributed by atoms with E-state index in [1.54, 1.807) is 24.3 Å². The molecular weight excluding hydrogens is 335 g/mol. The molecule has 0 atom stereocenters. The van der Waals surface area contributed by atoms with Gasteiger partial charge in [-0.3, -0.25) is 0 Å². The molecule has 0 spiro atoms. The van der Waals surface area contributed by atoms with E-state index in [-0.39, 0.29) is 0 Å². The monoisotopic (exact) mass is 340 g/mol. The standard InChI is InChI=1S/C13H7BrCl2N2/c14-9-1-3-13(11(16)6-9)18-12-4-2-10(15)5-8(12)7-17/h1-6,18H. The molecule has 0 fully saturated rings. The zero-order valence-electron chi connectivity index (χ0n) is 9.05. The minimum atomic E-state index is 0.474. The minimum Gasteiger partial charge on any atom is -0.353 e. The van der Waals surface area contributed by atoms with Crippen molar-refractivity contribution in [2.45, 2.75) is 0 Å². The molecule has 0 heterocycles. The maximum Gasteiger partial charge on any atom is 0.101 e. The summed E-state index contributed by atoms with van der Waals surface area (Å²) in [6.45, 7) is 0. The number of hydrogen-bond acceptors (Lipinski definition) is 2. The Morgan fingerprint density at radius 2 is 1.78 bits per heavy atom. The van der Waals surface area contributed by atoms with Crippen molar-refractivity contribution >= 4 is 50.5 Å². The van der Waals surface area contributed by atoms with Crippen LogP contribution in [0.3, 0.4) is 0 Å². The second kappa shape index (κ2) is 5.62. The van der Waals surface area contributed by atoms with E-state index in [2.05, 4.69) is 27.3 Å². The zero-order chi connectivity index (χ0) is 13.1. The first kappa shape index (κ1) is 13.2. The maximum atomic E-state index is 9.05. The van der Waals surface area contributed by atoms with Crippen LogP contribution < -0.4 is 5.32 Å². The van der Waals surface area contributed by atoms with Crippen molar-refractivity contribution in [2.24, 2.45) is 0 Å². The molecule has 5 heteroatoms. The summed E-state index contributed by atoms with van der Waals surface area (Å²) in [6.07, 6.45) is 0. The molecule has 1 N–H and O–H groups in total. The second-order valence-corrected chi connectivity index (χ2v) is 5.31. The Kier molecular flexibility index (Phi) is 4.13. The topological polar surface area (TPSA) is 35.8 Å². The number of rotatable bonds is 2. The molecular formula is C13H7BrCl2N2. The first-order valence-corrected chi connectivity index (χ1v) is 6.57. The Morgan fingerprint density at radius 1 is 1.06 bits per heavy atom. The third-order valence-corrected chi connectivity index (χ3v) is 3.34. The molecule has 0 radical (unpaired) electrons. The summed E-state index contributed by atoms with van der Waals surface area (Å²) in [4.78, 5) is 0. The van der Waals surface area contributed by atoms with Crippen molar-refractivity contribution in [3.05, 3.63) is 56.5 Å². The smallest absolute Gasteiger partial charge is 0.101 e. The van der Waals surface area contributed by atoms with Crippen molar-refractivity contribution < 1.29 is 0 Å². The van der Waals surface area contributed by atoms with Crippen LogP contribution in [0.4, 0.5) is 11.4 Å². The largest absolute Gasteiger partial charge is 0.353 e. The molecule has 0 aliphatic carbocycles. The highest BCUT2D eigenvalue weighted by Gasteiger charge is 2.06. The molecule has 2 rings (SSSR count). The van der Waals surface area contributed by atoms with Crippen LogP contribution in [0, 0.1) is 11.3 Å². The van der Waals surface area contributed by atoms with Gasteiger partial charge in [0, 0.05) is 9.50 Å². The van der Waals surface area contributed by atoms with Crippen LogP contribution in [0.5, 0.6) is 0 Å². The Hall–Kier alpha value is -1.21. The van der Waals surface area contributed by atoms with Crippen molar-refractivity contribution in [3.63, 3.8) is 0 Å². The highest BCUT2D eigenvalue weighted by molar-refractivity contribution is 9.10. The number of nitrogens with zero attached hydrogens (tertiary/aromatic N) is 1. The van der Waals surface area contributed by atoms with Gasteiger partial charge in [-0.15, -0.1) is 0 Å². The number of halogens is 3. The quantitative estimate of drug-likeness (QED) is 0.796. The van der Waals surface area contributed by atoms with Crippen LogP contribution >= 0.6 is 39.1 Å². The zero-order valence-corrected chi connectivity index (χ0v) is 12.1. The first-order valence-electron chi connectivity index (χ1n) is 5.02. The van der Waals surface area contributed by atoms with Crippen LogP contribution in [-0.2, 0) is 0 Å². The lowest BCUT2D eigenvalue weighted by Gasteiger charge is -2.10. The predicted molar refractivity (Wildman–Crippen MR) is 78.6 cm³/mol. The first-order chi connectivity index (χ1) is 8.60. The van der Waals surface area contributed by atoms with E-state index in [0.717, 1.165) is 10.2 Å². The van der Waals surface area contributed by atoms with Gasteiger partial charge in [0.1, 0.15) is 6.07 Å². The summed E-state index contributed by atoms with van der Waals surface area (Å²) < 4.78 is 0.898. The molecule has 2 nitrogen and oxygen atoms in total. The van der Waals surface area contributed by atoms with Crippen molar-refractivity contribution in [1.29, 1.82) is 5.26 Å².